The van der Waals surface area contributed by atoms with E-state index >= 15 is 0 Å². The summed E-state index contributed by atoms with van der Waals surface area (Å²) < 4.78 is 11.3. The Kier molecular flexibility index (Phi) is 6.44. The second kappa shape index (κ2) is 8.91. The van der Waals surface area contributed by atoms with Gasteiger partial charge in [0.2, 0.25) is 0 Å². The molecule has 3 rings (SSSR count). The molecule has 0 saturated carbocycles. The Morgan fingerprint density at radius 2 is 0.906 bits per heavy atom. The molecular formula is C26H30N2O4. The molecule has 2 aromatic rings. The Labute approximate surface area is 189 Å². The van der Waals surface area contributed by atoms with Crippen LogP contribution < -0.4 is 0 Å². The van der Waals surface area contributed by atoms with Crippen molar-refractivity contribution in [1.82, 2.24) is 9.80 Å². The predicted molar refractivity (Wildman–Crippen MR) is 125 cm³/mol. The lowest BCUT2D eigenvalue weighted by Crippen LogP contribution is -2.39. The lowest BCUT2D eigenvalue weighted by molar-refractivity contribution is 0.0361. The van der Waals surface area contributed by atoms with Gasteiger partial charge < -0.3 is 9.47 Å². The number of rotatable bonds is 2. The van der Waals surface area contributed by atoms with Crippen molar-refractivity contribution < 1.29 is 19.1 Å². The number of carbonyl (C=O) groups is 2. The third-order valence-electron chi connectivity index (χ3n) is 4.34. The van der Waals surface area contributed by atoms with E-state index in [-0.39, 0.29) is 0 Å². The van der Waals surface area contributed by atoms with Crippen molar-refractivity contribution in [2.45, 2.75) is 52.7 Å². The van der Waals surface area contributed by atoms with Gasteiger partial charge in [0, 0.05) is 23.5 Å². The third-order valence-corrected chi connectivity index (χ3v) is 4.34. The summed E-state index contributed by atoms with van der Waals surface area (Å²) in [6.45, 7) is 10.9. The molecule has 0 aromatic heterocycles. The molecule has 0 bridgehead atoms. The van der Waals surface area contributed by atoms with Crippen LogP contribution >= 0.6 is 0 Å². The van der Waals surface area contributed by atoms with Crippen LogP contribution in [0.25, 0.3) is 11.4 Å². The van der Waals surface area contributed by atoms with Gasteiger partial charge in [0.1, 0.15) is 11.2 Å². The van der Waals surface area contributed by atoms with Crippen molar-refractivity contribution in [2.24, 2.45) is 0 Å². The van der Waals surface area contributed by atoms with Crippen LogP contribution in [0.1, 0.15) is 52.7 Å². The molecule has 0 atom stereocenters. The minimum Gasteiger partial charge on any atom is -0.443 e. The highest BCUT2D eigenvalue weighted by Gasteiger charge is 2.33. The quantitative estimate of drug-likeness (QED) is 0.543. The summed E-state index contributed by atoms with van der Waals surface area (Å²) >= 11 is 0. The largest absolute Gasteiger partial charge is 0.443 e. The predicted octanol–water partition coefficient (Wildman–Crippen LogP) is 6.47. The van der Waals surface area contributed by atoms with Crippen LogP contribution in [-0.4, -0.2) is 33.2 Å². The zero-order valence-electron chi connectivity index (χ0n) is 19.5. The summed E-state index contributed by atoms with van der Waals surface area (Å²) in [5.74, 6) is 0. The maximum atomic E-state index is 13.2. The molecule has 32 heavy (non-hydrogen) atoms. The Morgan fingerprint density at radius 3 is 1.19 bits per heavy atom. The number of nitrogens with zero attached hydrogens (tertiary/aromatic N) is 2. The summed E-state index contributed by atoms with van der Waals surface area (Å²) in [7, 11) is 0. The molecule has 1 heterocycles. The molecule has 0 spiro atoms. The highest BCUT2D eigenvalue weighted by atomic mass is 16.6. The summed E-state index contributed by atoms with van der Waals surface area (Å²) in [6.07, 6.45) is 2.17. The Morgan fingerprint density at radius 1 is 0.594 bits per heavy atom. The van der Waals surface area contributed by atoms with Gasteiger partial charge >= 0.3 is 12.2 Å². The van der Waals surface area contributed by atoms with E-state index in [0.29, 0.717) is 11.4 Å². The molecule has 0 aliphatic carbocycles. The van der Waals surface area contributed by atoms with E-state index in [9.17, 15) is 9.59 Å². The van der Waals surface area contributed by atoms with Gasteiger partial charge in [-0.05, 0) is 41.5 Å². The highest BCUT2D eigenvalue weighted by Crippen LogP contribution is 2.34. The van der Waals surface area contributed by atoms with Crippen molar-refractivity contribution in [3.63, 3.8) is 0 Å². The Bertz CT molecular complexity index is 943. The van der Waals surface area contributed by atoms with E-state index in [4.69, 9.17) is 9.47 Å². The Hall–Kier alpha value is -3.54. The number of amides is 2. The maximum absolute atomic E-state index is 13.2. The average Bonchev–Trinajstić information content (AvgIpc) is 2.71. The van der Waals surface area contributed by atoms with Gasteiger partial charge in [-0.15, -0.1) is 0 Å². The molecule has 2 aromatic carbocycles. The molecular weight excluding hydrogens is 404 g/mol. The van der Waals surface area contributed by atoms with Crippen LogP contribution in [-0.2, 0) is 9.47 Å². The van der Waals surface area contributed by atoms with Crippen molar-refractivity contribution in [2.75, 3.05) is 0 Å². The monoisotopic (exact) mass is 434 g/mol. The topological polar surface area (TPSA) is 59.1 Å². The van der Waals surface area contributed by atoms with Crippen LogP contribution in [0.4, 0.5) is 9.59 Å². The molecule has 0 fully saturated rings. The van der Waals surface area contributed by atoms with E-state index < -0.39 is 23.4 Å². The van der Waals surface area contributed by atoms with Crippen molar-refractivity contribution in [3.8, 4) is 0 Å². The first-order valence-electron chi connectivity index (χ1n) is 10.5. The molecule has 0 saturated heterocycles. The fourth-order valence-electron chi connectivity index (χ4n) is 3.08. The lowest BCUT2D eigenvalue weighted by atomic mass is 10.1. The van der Waals surface area contributed by atoms with E-state index in [1.807, 2.05) is 102 Å². The molecule has 0 radical (unpaired) electrons. The van der Waals surface area contributed by atoms with Gasteiger partial charge in [-0.3, -0.25) is 0 Å². The van der Waals surface area contributed by atoms with Crippen molar-refractivity contribution >= 4 is 23.6 Å². The highest BCUT2D eigenvalue weighted by molar-refractivity contribution is 5.93. The number of hydrogen-bond donors (Lipinski definition) is 0. The minimum absolute atomic E-state index is 0.505. The van der Waals surface area contributed by atoms with Gasteiger partial charge in [-0.25, -0.2) is 19.4 Å². The molecule has 1 aliphatic heterocycles. The summed E-state index contributed by atoms with van der Waals surface area (Å²) in [4.78, 5) is 29.2. The first-order chi connectivity index (χ1) is 14.9. The SMILES string of the molecule is CC(C)(C)OC(=O)N1C=C(c2ccccc2)N(C(=O)OC(C)(C)C)C=C1c1ccccc1. The van der Waals surface area contributed by atoms with E-state index in [1.165, 1.54) is 9.80 Å². The number of hydrogen-bond acceptors (Lipinski definition) is 4. The summed E-state index contributed by atoms with van der Waals surface area (Å²) in [5, 5.41) is 0. The minimum atomic E-state index is -0.679. The van der Waals surface area contributed by atoms with E-state index in [2.05, 4.69) is 0 Å². The molecule has 1 aliphatic rings. The van der Waals surface area contributed by atoms with E-state index in [1.54, 1.807) is 12.4 Å². The second-order valence-electron chi connectivity index (χ2n) is 9.46. The van der Waals surface area contributed by atoms with Crippen LogP contribution in [0.15, 0.2) is 73.1 Å². The van der Waals surface area contributed by atoms with Gasteiger partial charge in [-0.1, -0.05) is 60.7 Å². The smallest absolute Gasteiger partial charge is 0.419 e. The molecule has 0 unspecified atom stereocenters. The van der Waals surface area contributed by atoms with Gasteiger partial charge in [0.05, 0.1) is 11.4 Å². The molecule has 0 N–H and O–H groups in total. The van der Waals surface area contributed by atoms with E-state index in [0.717, 1.165) is 11.1 Å². The maximum Gasteiger partial charge on any atom is 0.419 e. The number of carbonyl (C=O) groups excluding carboxylic acids is 2. The van der Waals surface area contributed by atoms with Crippen LogP contribution in [0.3, 0.4) is 0 Å². The zero-order chi connectivity index (χ0) is 23.5. The average molecular weight is 435 g/mol. The zero-order valence-corrected chi connectivity index (χ0v) is 19.5. The van der Waals surface area contributed by atoms with Crippen molar-refractivity contribution in [3.05, 3.63) is 84.2 Å². The normalized spacial score (nSPS) is 14.4. The molecule has 6 heteroatoms. The van der Waals surface area contributed by atoms with Crippen molar-refractivity contribution in [1.29, 1.82) is 0 Å². The lowest BCUT2D eigenvalue weighted by Gasteiger charge is -2.35. The van der Waals surface area contributed by atoms with Crippen LogP contribution in [0, 0.1) is 0 Å². The first-order valence-corrected chi connectivity index (χ1v) is 10.5. The first kappa shape index (κ1) is 23.1. The van der Waals surface area contributed by atoms with Gasteiger partial charge in [0.15, 0.2) is 0 Å². The number of benzene rings is 2. The summed E-state index contributed by atoms with van der Waals surface area (Å²) in [5.41, 5.74) is 1.17. The second-order valence-corrected chi connectivity index (χ2v) is 9.46. The third kappa shape index (κ3) is 5.78. The molecule has 6 nitrogen and oxygen atoms in total. The fraction of sp³-hybridized carbons (Fsp3) is 0.308. The standard InChI is InChI=1S/C26H30N2O4/c1-25(2,3)31-23(29)27-17-22(20-15-11-8-12-16-20)28(24(30)32-26(4,5)6)18-21(27)19-13-9-7-10-14-19/h7-18H,1-6H3. The molecule has 2 amide bonds. The van der Waals surface area contributed by atoms with Gasteiger partial charge in [0.25, 0.3) is 0 Å². The van der Waals surface area contributed by atoms with Crippen LogP contribution in [0.5, 0.6) is 0 Å². The Balaban J connectivity index is 2.14. The summed E-state index contributed by atoms with van der Waals surface area (Å²) in [6, 6.07) is 18.8. The number of ether oxygens (including phenoxy) is 2. The van der Waals surface area contributed by atoms with Gasteiger partial charge in [-0.2, -0.15) is 0 Å². The fourth-order valence-corrected chi connectivity index (χ4v) is 3.08. The van der Waals surface area contributed by atoms with Crippen LogP contribution in [0.2, 0.25) is 0 Å². The molecule has 168 valence electrons.